The molecule has 0 saturated carbocycles. The highest BCUT2D eigenvalue weighted by Gasteiger charge is 2.31. The number of benzene rings is 1. The fourth-order valence-corrected chi connectivity index (χ4v) is 1.79. The zero-order valence-electron chi connectivity index (χ0n) is 10.0. The molecule has 0 amide bonds. The zero-order valence-corrected chi connectivity index (χ0v) is 10.0. The maximum absolute atomic E-state index is 11.8. The highest BCUT2D eigenvalue weighted by Crippen LogP contribution is 2.26. The summed E-state index contributed by atoms with van der Waals surface area (Å²) in [4.78, 5) is 27.7. The number of aliphatic hydroxyl groups is 1. The fraction of sp³-hybridized carbons (Fsp3) is 0.214. The smallest absolute Gasteiger partial charge is 0.238 e. The van der Waals surface area contributed by atoms with Crippen molar-refractivity contribution >= 4 is 23.5 Å². The van der Waals surface area contributed by atoms with Gasteiger partial charge >= 0.3 is 0 Å². The second-order valence-electron chi connectivity index (χ2n) is 4.00. The third-order valence-corrected chi connectivity index (χ3v) is 2.71. The number of aliphatic imine (C=N–C) groups is 1. The second-order valence-corrected chi connectivity index (χ2v) is 4.00. The van der Waals surface area contributed by atoms with Crippen LogP contribution in [-0.4, -0.2) is 29.4 Å². The Balaban J connectivity index is 2.52. The van der Waals surface area contributed by atoms with Crippen LogP contribution in [0.4, 0.5) is 0 Å². The molecule has 0 radical (unpaired) electrons. The molecule has 1 aromatic carbocycles. The van der Waals surface area contributed by atoms with Gasteiger partial charge in [-0.1, -0.05) is 31.2 Å². The van der Waals surface area contributed by atoms with Gasteiger partial charge in [-0.15, -0.1) is 0 Å². The van der Waals surface area contributed by atoms with Crippen molar-refractivity contribution in [3.05, 3.63) is 41.0 Å². The standard InChI is InChI=1S/C14H13NO3/c1-2-7-15-8-11-12(16)9-5-3-4-6-10(9)13(17)14(11)18/h3-6,8,16H,2,7H2,1H3. The number of Topliss-reactive ketones (excluding diaryl/α,β-unsaturated/α-hetero) is 2. The Morgan fingerprint density at radius 1 is 1.17 bits per heavy atom. The van der Waals surface area contributed by atoms with Crippen molar-refractivity contribution in [1.82, 2.24) is 0 Å². The average molecular weight is 243 g/mol. The van der Waals surface area contributed by atoms with Crippen molar-refractivity contribution < 1.29 is 14.7 Å². The third kappa shape index (κ3) is 1.97. The molecule has 92 valence electrons. The summed E-state index contributed by atoms with van der Waals surface area (Å²) in [6.07, 6.45) is 2.12. The molecule has 0 bridgehead atoms. The number of carbonyl (C=O) groups excluding carboxylic acids is 2. The molecule has 0 aliphatic heterocycles. The lowest BCUT2D eigenvalue weighted by Crippen LogP contribution is -2.24. The number of nitrogens with zero attached hydrogens (tertiary/aromatic N) is 1. The summed E-state index contributed by atoms with van der Waals surface area (Å²) in [5, 5.41) is 10.0. The van der Waals surface area contributed by atoms with Crippen LogP contribution in [0.2, 0.25) is 0 Å². The quantitative estimate of drug-likeness (QED) is 0.653. The van der Waals surface area contributed by atoms with Crippen LogP contribution in [0.5, 0.6) is 0 Å². The maximum atomic E-state index is 11.8. The molecule has 0 spiro atoms. The number of carbonyl (C=O) groups is 2. The monoisotopic (exact) mass is 243 g/mol. The minimum absolute atomic E-state index is 0.0212. The summed E-state index contributed by atoms with van der Waals surface area (Å²) in [5.74, 6) is -1.47. The Morgan fingerprint density at radius 2 is 1.83 bits per heavy atom. The van der Waals surface area contributed by atoms with E-state index in [1.807, 2.05) is 6.92 Å². The first kappa shape index (κ1) is 12.2. The van der Waals surface area contributed by atoms with Crippen molar-refractivity contribution in [2.45, 2.75) is 13.3 Å². The topological polar surface area (TPSA) is 66.7 Å². The second kappa shape index (κ2) is 4.96. The predicted octanol–water partition coefficient (Wildman–Crippen LogP) is 2.20. The molecule has 0 aromatic heterocycles. The molecule has 18 heavy (non-hydrogen) atoms. The van der Waals surface area contributed by atoms with E-state index in [0.717, 1.165) is 6.42 Å². The lowest BCUT2D eigenvalue weighted by molar-refractivity contribution is -0.111. The normalized spacial score (nSPS) is 15.4. The predicted molar refractivity (Wildman–Crippen MR) is 69.0 cm³/mol. The maximum Gasteiger partial charge on any atom is 0.238 e. The van der Waals surface area contributed by atoms with Crippen molar-refractivity contribution in [1.29, 1.82) is 0 Å². The molecule has 0 heterocycles. The van der Waals surface area contributed by atoms with Crippen LogP contribution in [-0.2, 0) is 4.79 Å². The number of allylic oxidation sites excluding steroid dienone is 1. The van der Waals surface area contributed by atoms with E-state index in [4.69, 9.17) is 0 Å². The molecule has 0 saturated heterocycles. The van der Waals surface area contributed by atoms with Gasteiger partial charge in [0.25, 0.3) is 0 Å². The third-order valence-electron chi connectivity index (χ3n) is 2.71. The number of hydrogen-bond donors (Lipinski definition) is 1. The van der Waals surface area contributed by atoms with Crippen molar-refractivity contribution in [3.63, 3.8) is 0 Å². The van der Waals surface area contributed by atoms with Crippen LogP contribution in [0, 0.1) is 0 Å². The summed E-state index contributed by atoms with van der Waals surface area (Å²) in [5.41, 5.74) is 0.611. The number of aliphatic hydroxyl groups excluding tert-OH is 1. The Morgan fingerprint density at radius 3 is 2.50 bits per heavy atom. The molecule has 4 heteroatoms. The molecule has 1 N–H and O–H groups in total. The Bertz CT molecular complexity index is 570. The minimum atomic E-state index is -0.703. The van der Waals surface area contributed by atoms with E-state index in [9.17, 15) is 14.7 Å². The summed E-state index contributed by atoms with van der Waals surface area (Å²) >= 11 is 0. The number of hydrogen-bond acceptors (Lipinski definition) is 4. The van der Waals surface area contributed by atoms with E-state index in [-0.39, 0.29) is 16.9 Å². The van der Waals surface area contributed by atoms with Gasteiger partial charge in [-0.3, -0.25) is 14.6 Å². The number of fused-ring (bicyclic) bond motifs is 1. The molecule has 1 aliphatic carbocycles. The first-order valence-corrected chi connectivity index (χ1v) is 5.78. The highest BCUT2D eigenvalue weighted by molar-refractivity contribution is 6.56. The molecule has 1 aliphatic rings. The lowest BCUT2D eigenvalue weighted by Gasteiger charge is -2.14. The van der Waals surface area contributed by atoms with Crippen LogP contribution >= 0.6 is 0 Å². The summed E-state index contributed by atoms with van der Waals surface area (Å²) < 4.78 is 0. The fourth-order valence-electron chi connectivity index (χ4n) is 1.79. The van der Waals surface area contributed by atoms with Crippen LogP contribution in [0.25, 0.3) is 5.76 Å². The van der Waals surface area contributed by atoms with Gasteiger partial charge in [0.05, 0.1) is 5.57 Å². The Kier molecular flexibility index (Phi) is 3.37. The molecule has 2 rings (SSSR count). The molecule has 1 aromatic rings. The van der Waals surface area contributed by atoms with Gasteiger partial charge in [0.1, 0.15) is 5.76 Å². The Hall–Kier alpha value is -2.23. The summed E-state index contributed by atoms with van der Waals surface area (Å²) in [6.45, 7) is 2.51. The van der Waals surface area contributed by atoms with Crippen LogP contribution in [0.3, 0.4) is 0 Å². The molecule has 0 unspecified atom stereocenters. The van der Waals surface area contributed by atoms with Crippen LogP contribution < -0.4 is 0 Å². The minimum Gasteiger partial charge on any atom is -0.506 e. The van der Waals surface area contributed by atoms with Gasteiger partial charge in [-0.25, -0.2) is 0 Å². The molecule has 0 fully saturated rings. The summed E-state index contributed by atoms with van der Waals surface area (Å²) in [7, 11) is 0. The van der Waals surface area contributed by atoms with E-state index < -0.39 is 11.6 Å². The largest absolute Gasteiger partial charge is 0.506 e. The molecule has 4 nitrogen and oxygen atoms in total. The first-order chi connectivity index (χ1) is 8.66. The SMILES string of the molecule is CCCN=CC1=C(O)c2ccccc2C(=O)C1=O. The van der Waals surface area contributed by atoms with E-state index >= 15 is 0 Å². The number of ketones is 2. The van der Waals surface area contributed by atoms with E-state index in [2.05, 4.69) is 4.99 Å². The first-order valence-electron chi connectivity index (χ1n) is 5.78. The van der Waals surface area contributed by atoms with Gasteiger partial charge < -0.3 is 5.11 Å². The van der Waals surface area contributed by atoms with E-state index in [1.165, 1.54) is 12.3 Å². The molecular formula is C14H13NO3. The van der Waals surface area contributed by atoms with Gasteiger partial charge in [0.15, 0.2) is 0 Å². The van der Waals surface area contributed by atoms with Crippen LogP contribution in [0.1, 0.15) is 29.3 Å². The zero-order chi connectivity index (χ0) is 13.1. The van der Waals surface area contributed by atoms with Crippen molar-refractivity contribution in [2.75, 3.05) is 6.54 Å². The van der Waals surface area contributed by atoms with Crippen molar-refractivity contribution in [3.8, 4) is 0 Å². The Labute approximate surface area is 105 Å². The van der Waals surface area contributed by atoms with Gasteiger partial charge in [-0.05, 0) is 6.42 Å². The molecule has 0 atom stereocenters. The van der Waals surface area contributed by atoms with Gasteiger partial charge in [-0.2, -0.15) is 0 Å². The highest BCUT2D eigenvalue weighted by atomic mass is 16.3. The average Bonchev–Trinajstić information content (AvgIpc) is 2.40. The molecular weight excluding hydrogens is 230 g/mol. The van der Waals surface area contributed by atoms with E-state index in [0.29, 0.717) is 12.1 Å². The van der Waals surface area contributed by atoms with Crippen molar-refractivity contribution in [2.24, 2.45) is 4.99 Å². The van der Waals surface area contributed by atoms with Gasteiger partial charge in [0.2, 0.25) is 11.6 Å². The summed E-state index contributed by atoms with van der Waals surface area (Å²) in [6, 6.07) is 6.51. The van der Waals surface area contributed by atoms with E-state index in [1.54, 1.807) is 18.2 Å². The van der Waals surface area contributed by atoms with Crippen LogP contribution in [0.15, 0.2) is 34.8 Å². The lowest BCUT2D eigenvalue weighted by atomic mass is 9.89. The number of rotatable bonds is 3. The van der Waals surface area contributed by atoms with Gasteiger partial charge in [0, 0.05) is 23.9 Å².